The minimum Gasteiger partial charge on any atom is -0.338 e. The van der Waals surface area contributed by atoms with Crippen molar-refractivity contribution >= 4 is 23.5 Å². The molecular formula is C21H23FN4O3. The number of amides is 4. The molecule has 0 aliphatic carbocycles. The number of rotatable bonds is 7. The summed E-state index contributed by atoms with van der Waals surface area (Å²) in [5.74, 6) is -0.739. The van der Waals surface area contributed by atoms with Crippen molar-refractivity contribution in [2.45, 2.75) is 25.9 Å². The molecule has 7 nitrogen and oxygen atoms in total. The van der Waals surface area contributed by atoms with Crippen LogP contribution in [0.5, 0.6) is 0 Å². The van der Waals surface area contributed by atoms with Crippen LogP contribution in [-0.2, 0) is 22.7 Å². The van der Waals surface area contributed by atoms with E-state index in [9.17, 15) is 18.8 Å². The number of urea groups is 1. The fourth-order valence-corrected chi connectivity index (χ4v) is 3.11. The summed E-state index contributed by atoms with van der Waals surface area (Å²) in [7, 11) is 0. The molecule has 2 aromatic rings. The molecule has 3 N–H and O–H groups in total. The summed E-state index contributed by atoms with van der Waals surface area (Å²) < 4.78 is 13.1. The third kappa shape index (κ3) is 6.31. The van der Waals surface area contributed by atoms with Gasteiger partial charge >= 0.3 is 6.03 Å². The van der Waals surface area contributed by atoms with Gasteiger partial charge in [0.2, 0.25) is 11.8 Å². The van der Waals surface area contributed by atoms with Gasteiger partial charge in [-0.1, -0.05) is 30.3 Å². The second-order valence-electron chi connectivity index (χ2n) is 6.83. The van der Waals surface area contributed by atoms with E-state index in [4.69, 9.17) is 0 Å². The summed E-state index contributed by atoms with van der Waals surface area (Å²) >= 11 is 0. The zero-order valence-corrected chi connectivity index (χ0v) is 15.9. The highest BCUT2D eigenvalue weighted by molar-refractivity contribution is 5.94. The fraction of sp³-hybridized carbons (Fsp3) is 0.286. The van der Waals surface area contributed by atoms with Crippen LogP contribution in [0.25, 0.3) is 0 Å². The largest absolute Gasteiger partial charge is 0.338 e. The van der Waals surface area contributed by atoms with E-state index in [2.05, 4.69) is 16.0 Å². The van der Waals surface area contributed by atoms with Gasteiger partial charge in [-0.25, -0.2) is 9.18 Å². The molecule has 0 saturated carbocycles. The standard InChI is InChI=1S/C21H23FN4O3/c22-17-6-2-7-18(11-17)25-19(27)13-24-21(29)23-12-15-4-1-5-16(10-15)14-26-9-3-8-20(26)28/h1-2,4-7,10-11H,3,8-9,12-14H2,(H,25,27)(H2,23,24,29). The fourth-order valence-electron chi connectivity index (χ4n) is 3.11. The molecule has 0 bridgehead atoms. The number of benzene rings is 2. The molecule has 1 fully saturated rings. The Morgan fingerprint density at radius 3 is 2.59 bits per heavy atom. The van der Waals surface area contributed by atoms with Gasteiger partial charge in [0.05, 0.1) is 6.54 Å². The molecule has 0 radical (unpaired) electrons. The first-order chi connectivity index (χ1) is 14.0. The molecule has 0 aromatic heterocycles. The van der Waals surface area contributed by atoms with Crippen molar-refractivity contribution in [1.29, 1.82) is 0 Å². The van der Waals surface area contributed by atoms with E-state index in [1.165, 1.54) is 18.2 Å². The predicted molar refractivity (Wildman–Crippen MR) is 106 cm³/mol. The first-order valence-electron chi connectivity index (χ1n) is 9.42. The van der Waals surface area contributed by atoms with Crippen LogP contribution < -0.4 is 16.0 Å². The lowest BCUT2D eigenvalue weighted by Crippen LogP contribution is -2.39. The number of nitrogens with one attached hydrogen (secondary N) is 3. The molecule has 1 heterocycles. The van der Waals surface area contributed by atoms with Gasteiger partial charge in [0.1, 0.15) is 5.82 Å². The van der Waals surface area contributed by atoms with E-state index in [-0.39, 0.29) is 12.5 Å². The zero-order valence-electron chi connectivity index (χ0n) is 15.9. The van der Waals surface area contributed by atoms with Crippen LogP contribution in [0.1, 0.15) is 24.0 Å². The van der Waals surface area contributed by atoms with E-state index in [0.29, 0.717) is 25.2 Å². The highest BCUT2D eigenvalue weighted by Gasteiger charge is 2.19. The van der Waals surface area contributed by atoms with Crippen molar-refractivity contribution < 1.29 is 18.8 Å². The Morgan fingerprint density at radius 2 is 1.83 bits per heavy atom. The predicted octanol–water partition coefficient (Wildman–Crippen LogP) is 2.39. The summed E-state index contributed by atoms with van der Waals surface area (Å²) in [6.45, 7) is 1.40. The molecule has 8 heteroatoms. The number of hydrogen-bond acceptors (Lipinski definition) is 3. The van der Waals surface area contributed by atoms with Crippen molar-refractivity contribution in [3.63, 3.8) is 0 Å². The molecule has 0 spiro atoms. The zero-order chi connectivity index (χ0) is 20.6. The van der Waals surface area contributed by atoms with Crippen LogP contribution in [0.4, 0.5) is 14.9 Å². The van der Waals surface area contributed by atoms with Crippen LogP contribution in [0, 0.1) is 5.82 Å². The SMILES string of the molecule is O=C(CNC(=O)NCc1cccc(CN2CCCC2=O)c1)Nc1cccc(F)c1. The molecular weight excluding hydrogens is 375 g/mol. The summed E-state index contributed by atoms with van der Waals surface area (Å²) in [4.78, 5) is 37.3. The molecule has 152 valence electrons. The van der Waals surface area contributed by atoms with Crippen molar-refractivity contribution in [3.8, 4) is 0 Å². The Morgan fingerprint density at radius 1 is 1.03 bits per heavy atom. The van der Waals surface area contributed by atoms with Gasteiger partial charge < -0.3 is 20.9 Å². The van der Waals surface area contributed by atoms with Gasteiger partial charge in [-0.05, 0) is 35.7 Å². The van der Waals surface area contributed by atoms with Gasteiger partial charge in [-0.15, -0.1) is 0 Å². The van der Waals surface area contributed by atoms with Crippen LogP contribution in [0.2, 0.25) is 0 Å². The number of likely N-dealkylation sites (tertiary alicyclic amines) is 1. The number of anilines is 1. The van der Waals surface area contributed by atoms with Gasteiger partial charge in [0.15, 0.2) is 0 Å². The normalized spacial score (nSPS) is 13.3. The summed E-state index contributed by atoms with van der Waals surface area (Å²) in [5.41, 5.74) is 2.23. The van der Waals surface area contributed by atoms with Gasteiger partial charge in [-0.3, -0.25) is 9.59 Å². The third-order valence-corrected chi connectivity index (χ3v) is 4.51. The quantitative estimate of drug-likeness (QED) is 0.669. The number of nitrogens with zero attached hydrogens (tertiary/aromatic N) is 1. The van der Waals surface area contributed by atoms with E-state index >= 15 is 0 Å². The minimum absolute atomic E-state index is 0.171. The van der Waals surface area contributed by atoms with Crippen molar-refractivity contribution in [2.24, 2.45) is 0 Å². The summed E-state index contributed by atoms with van der Waals surface area (Å²) in [6.07, 6.45) is 1.50. The Balaban J connectivity index is 1.41. The molecule has 3 rings (SSSR count). The Bertz CT molecular complexity index is 903. The van der Waals surface area contributed by atoms with E-state index < -0.39 is 17.8 Å². The van der Waals surface area contributed by atoms with Crippen LogP contribution >= 0.6 is 0 Å². The molecule has 0 unspecified atom stereocenters. The molecule has 1 saturated heterocycles. The van der Waals surface area contributed by atoms with Crippen molar-refractivity contribution in [3.05, 3.63) is 65.5 Å². The second kappa shape index (κ2) is 9.68. The average Bonchev–Trinajstić information content (AvgIpc) is 3.09. The molecule has 1 aliphatic heterocycles. The monoisotopic (exact) mass is 398 g/mol. The number of hydrogen-bond donors (Lipinski definition) is 3. The maximum absolute atomic E-state index is 13.1. The molecule has 2 aromatic carbocycles. The van der Waals surface area contributed by atoms with Crippen LogP contribution in [0.3, 0.4) is 0 Å². The van der Waals surface area contributed by atoms with E-state index in [0.717, 1.165) is 24.1 Å². The lowest BCUT2D eigenvalue weighted by Gasteiger charge is -2.16. The minimum atomic E-state index is -0.487. The molecule has 29 heavy (non-hydrogen) atoms. The smallest absolute Gasteiger partial charge is 0.315 e. The maximum Gasteiger partial charge on any atom is 0.315 e. The highest BCUT2D eigenvalue weighted by atomic mass is 19.1. The van der Waals surface area contributed by atoms with E-state index in [1.54, 1.807) is 6.07 Å². The van der Waals surface area contributed by atoms with Crippen molar-refractivity contribution in [1.82, 2.24) is 15.5 Å². The first kappa shape index (κ1) is 20.3. The number of carbonyl (C=O) groups excluding carboxylic acids is 3. The summed E-state index contributed by atoms with van der Waals surface area (Å²) in [5, 5.41) is 7.65. The molecule has 4 amide bonds. The Kier molecular flexibility index (Phi) is 6.78. The third-order valence-electron chi connectivity index (χ3n) is 4.51. The lowest BCUT2D eigenvalue weighted by molar-refractivity contribution is -0.128. The van der Waals surface area contributed by atoms with Gasteiger partial charge in [-0.2, -0.15) is 0 Å². The highest BCUT2D eigenvalue weighted by Crippen LogP contribution is 2.15. The first-order valence-corrected chi connectivity index (χ1v) is 9.42. The maximum atomic E-state index is 13.1. The lowest BCUT2D eigenvalue weighted by atomic mass is 10.1. The number of halogens is 1. The van der Waals surface area contributed by atoms with Gasteiger partial charge in [0.25, 0.3) is 0 Å². The Labute approximate surface area is 168 Å². The van der Waals surface area contributed by atoms with Crippen molar-refractivity contribution in [2.75, 3.05) is 18.4 Å². The van der Waals surface area contributed by atoms with Crippen LogP contribution in [0.15, 0.2) is 48.5 Å². The molecule has 1 aliphatic rings. The number of carbonyl (C=O) groups is 3. The summed E-state index contributed by atoms with van der Waals surface area (Å²) in [6, 6.07) is 12.7. The Hall–Kier alpha value is -3.42. The van der Waals surface area contributed by atoms with E-state index in [1.807, 2.05) is 29.2 Å². The average molecular weight is 398 g/mol. The topological polar surface area (TPSA) is 90.5 Å². The second-order valence-corrected chi connectivity index (χ2v) is 6.83. The molecule has 0 atom stereocenters. The van der Waals surface area contributed by atoms with Gasteiger partial charge in [0, 0.05) is 31.7 Å². The van der Waals surface area contributed by atoms with Crippen LogP contribution in [-0.4, -0.2) is 35.8 Å².